The third-order valence-corrected chi connectivity index (χ3v) is 2.92. The standard InChI is InChI=1S/C12H13N7O2/c1-7(11-14-12(21)16-15-11)13-10(20)6-19-17-8-4-2-3-5-9(8)18-19/h2-5,7H,6H2,1H3,(H,13,20)(H2,14,15,16,21)/t7-/m1/s1. The van der Waals surface area contributed by atoms with Gasteiger partial charge in [0.15, 0.2) is 5.82 Å². The van der Waals surface area contributed by atoms with Crippen molar-refractivity contribution in [2.75, 3.05) is 0 Å². The second-order valence-corrected chi connectivity index (χ2v) is 4.57. The Bertz CT molecular complexity index is 798. The van der Waals surface area contributed by atoms with E-state index in [2.05, 4.69) is 30.7 Å². The molecule has 9 heteroatoms. The minimum Gasteiger partial charge on any atom is -0.345 e. The fourth-order valence-corrected chi connectivity index (χ4v) is 1.95. The Kier molecular flexibility index (Phi) is 3.22. The summed E-state index contributed by atoms with van der Waals surface area (Å²) in [4.78, 5) is 26.7. The minimum atomic E-state index is -0.415. The van der Waals surface area contributed by atoms with Gasteiger partial charge in [-0.15, -0.1) is 0 Å². The van der Waals surface area contributed by atoms with Crippen LogP contribution >= 0.6 is 0 Å². The third-order valence-electron chi connectivity index (χ3n) is 2.92. The van der Waals surface area contributed by atoms with Gasteiger partial charge in [0.2, 0.25) is 5.91 Å². The van der Waals surface area contributed by atoms with Gasteiger partial charge in [-0.3, -0.25) is 9.78 Å². The van der Waals surface area contributed by atoms with Gasteiger partial charge in [0, 0.05) is 0 Å². The first-order valence-corrected chi connectivity index (χ1v) is 6.35. The molecular formula is C12H13N7O2. The molecule has 0 saturated heterocycles. The Balaban J connectivity index is 1.67. The Morgan fingerprint density at radius 2 is 2.00 bits per heavy atom. The van der Waals surface area contributed by atoms with Gasteiger partial charge in [-0.2, -0.15) is 20.1 Å². The van der Waals surface area contributed by atoms with Gasteiger partial charge in [-0.05, 0) is 19.1 Å². The number of aromatic nitrogens is 6. The molecule has 3 rings (SSSR count). The summed E-state index contributed by atoms with van der Waals surface area (Å²) in [6, 6.07) is 6.96. The van der Waals surface area contributed by atoms with E-state index in [1.807, 2.05) is 24.3 Å². The number of hydrogen-bond donors (Lipinski definition) is 3. The van der Waals surface area contributed by atoms with Crippen molar-refractivity contribution in [3.05, 3.63) is 40.6 Å². The van der Waals surface area contributed by atoms with Crippen molar-refractivity contribution >= 4 is 16.9 Å². The SMILES string of the molecule is C[C@@H](NC(=O)Cn1nc2ccccc2n1)c1n[nH]c(=O)[nH]1. The monoisotopic (exact) mass is 287 g/mol. The first kappa shape index (κ1) is 13.0. The highest BCUT2D eigenvalue weighted by Gasteiger charge is 2.14. The van der Waals surface area contributed by atoms with E-state index in [4.69, 9.17) is 0 Å². The van der Waals surface area contributed by atoms with E-state index in [1.165, 1.54) is 4.80 Å². The lowest BCUT2D eigenvalue weighted by molar-refractivity contribution is -0.122. The Morgan fingerprint density at radius 1 is 1.33 bits per heavy atom. The van der Waals surface area contributed by atoms with Crippen LogP contribution in [0.15, 0.2) is 29.1 Å². The summed E-state index contributed by atoms with van der Waals surface area (Å²) in [6.07, 6.45) is 0. The van der Waals surface area contributed by atoms with Crippen molar-refractivity contribution in [2.24, 2.45) is 0 Å². The van der Waals surface area contributed by atoms with Crippen LogP contribution in [0.4, 0.5) is 0 Å². The van der Waals surface area contributed by atoms with E-state index in [9.17, 15) is 9.59 Å². The maximum atomic E-state index is 11.9. The van der Waals surface area contributed by atoms with Gasteiger partial charge in [0.05, 0.1) is 6.04 Å². The van der Waals surface area contributed by atoms with E-state index in [0.717, 1.165) is 11.0 Å². The van der Waals surface area contributed by atoms with Gasteiger partial charge in [0.1, 0.15) is 17.6 Å². The largest absolute Gasteiger partial charge is 0.345 e. The second kappa shape index (κ2) is 5.19. The number of hydrogen-bond acceptors (Lipinski definition) is 5. The second-order valence-electron chi connectivity index (χ2n) is 4.57. The lowest BCUT2D eigenvalue weighted by Gasteiger charge is -2.10. The molecule has 9 nitrogen and oxygen atoms in total. The van der Waals surface area contributed by atoms with Gasteiger partial charge in [0.25, 0.3) is 0 Å². The number of aromatic amines is 2. The summed E-state index contributed by atoms with van der Waals surface area (Å²) in [5.74, 6) is 0.0959. The number of fused-ring (bicyclic) bond motifs is 1. The zero-order chi connectivity index (χ0) is 14.8. The average molecular weight is 287 g/mol. The van der Waals surface area contributed by atoms with Crippen LogP contribution in [0.5, 0.6) is 0 Å². The van der Waals surface area contributed by atoms with Crippen LogP contribution in [0.25, 0.3) is 11.0 Å². The fraction of sp³-hybridized carbons (Fsp3) is 0.250. The molecule has 1 aromatic carbocycles. The molecule has 3 aromatic rings. The maximum Gasteiger partial charge on any atom is 0.340 e. The van der Waals surface area contributed by atoms with Gasteiger partial charge >= 0.3 is 5.69 Å². The van der Waals surface area contributed by atoms with Crippen molar-refractivity contribution in [1.82, 2.24) is 35.5 Å². The van der Waals surface area contributed by atoms with Crippen LogP contribution in [-0.4, -0.2) is 36.1 Å². The quantitative estimate of drug-likeness (QED) is 0.609. The molecule has 0 unspecified atom stereocenters. The zero-order valence-electron chi connectivity index (χ0n) is 11.2. The summed E-state index contributed by atoms with van der Waals surface area (Å²) in [7, 11) is 0. The molecule has 0 saturated carbocycles. The lowest BCUT2D eigenvalue weighted by Crippen LogP contribution is -2.31. The molecule has 0 aliphatic carbocycles. The summed E-state index contributed by atoms with van der Waals surface area (Å²) in [5, 5.41) is 17.1. The molecule has 0 aliphatic heterocycles. The molecule has 2 heterocycles. The van der Waals surface area contributed by atoms with Crippen LogP contribution < -0.4 is 11.0 Å². The van der Waals surface area contributed by atoms with Crippen LogP contribution in [0, 0.1) is 0 Å². The van der Waals surface area contributed by atoms with E-state index < -0.39 is 11.7 Å². The van der Waals surface area contributed by atoms with Crippen molar-refractivity contribution in [2.45, 2.75) is 19.5 Å². The summed E-state index contributed by atoms with van der Waals surface area (Å²) >= 11 is 0. The first-order valence-electron chi connectivity index (χ1n) is 6.35. The van der Waals surface area contributed by atoms with Crippen LogP contribution in [0.2, 0.25) is 0 Å². The highest BCUT2D eigenvalue weighted by Crippen LogP contribution is 2.07. The smallest absolute Gasteiger partial charge is 0.340 e. The Morgan fingerprint density at radius 3 is 2.57 bits per heavy atom. The van der Waals surface area contributed by atoms with Gasteiger partial charge < -0.3 is 5.32 Å². The van der Waals surface area contributed by atoms with E-state index in [0.29, 0.717) is 5.82 Å². The van der Waals surface area contributed by atoms with E-state index in [-0.39, 0.29) is 12.5 Å². The molecular weight excluding hydrogens is 274 g/mol. The number of nitrogens with zero attached hydrogens (tertiary/aromatic N) is 4. The molecule has 21 heavy (non-hydrogen) atoms. The maximum absolute atomic E-state index is 11.9. The number of carbonyl (C=O) groups is 1. The molecule has 0 spiro atoms. The molecule has 0 bridgehead atoms. The van der Waals surface area contributed by atoms with Crippen molar-refractivity contribution in [3.8, 4) is 0 Å². The molecule has 0 radical (unpaired) electrons. The molecule has 1 amide bonds. The van der Waals surface area contributed by atoms with Crippen molar-refractivity contribution in [3.63, 3.8) is 0 Å². The molecule has 3 N–H and O–H groups in total. The molecule has 1 atom stereocenters. The predicted molar refractivity (Wildman–Crippen MR) is 73.3 cm³/mol. The molecule has 108 valence electrons. The summed E-state index contributed by atoms with van der Waals surface area (Å²) < 4.78 is 0. The molecule has 0 fully saturated rings. The van der Waals surface area contributed by atoms with Crippen LogP contribution in [0.3, 0.4) is 0 Å². The highest BCUT2D eigenvalue weighted by molar-refractivity contribution is 5.77. The first-order chi connectivity index (χ1) is 10.1. The topological polar surface area (TPSA) is 121 Å². The number of amides is 1. The van der Waals surface area contributed by atoms with Crippen LogP contribution in [-0.2, 0) is 11.3 Å². The normalized spacial score (nSPS) is 12.4. The zero-order valence-corrected chi connectivity index (χ0v) is 11.2. The van der Waals surface area contributed by atoms with Gasteiger partial charge in [-0.1, -0.05) is 12.1 Å². The number of benzene rings is 1. The molecule has 2 aromatic heterocycles. The van der Waals surface area contributed by atoms with Crippen molar-refractivity contribution in [1.29, 1.82) is 0 Å². The number of rotatable bonds is 4. The van der Waals surface area contributed by atoms with Gasteiger partial charge in [-0.25, -0.2) is 9.89 Å². The fourth-order valence-electron chi connectivity index (χ4n) is 1.95. The lowest BCUT2D eigenvalue weighted by atomic mass is 10.3. The third kappa shape index (κ3) is 2.81. The predicted octanol–water partition coefficient (Wildman–Crippen LogP) is -0.280. The Hall–Kier alpha value is -2.97. The van der Waals surface area contributed by atoms with Crippen LogP contribution in [0.1, 0.15) is 18.8 Å². The number of carbonyl (C=O) groups excluding carboxylic acids is 1. The minimum absolute atomic E-state index is 0.00627. The summed E-state index contributed by atoms with van der Waals surface area (Å²) in [6.45, 7) is 1.71. The number of nitrogens with one attached hydrogen (secondary N) is 3. The van der Waals surface area contributed by atoms with Crippen molar-refractivity contribution < 1.29 is 4.79 Å². The number of H-pyrrole nitrogens is 2. The highest BCUT2D eigenvalue weighted by atomic mass is 16.2. The summed E-state index contributed by atoms with van der Waals surface area (Å²) in [5.41, 5.74) is 1.05. The Labute approximate surface area is 118 Å². The average Bonchev–Trinajstić information content (AvgIpc) is 3.03. The van der Waals surface area contributed by atoms with E-state index >= 15 is 0 Å². The molecule has 0 aliphatic rings. The van der Waals surface area contributed by atoms with E-state index in [1.54, 1.807) is 6.92 Å².